The SMILES string of the molecule is CCC(CC)N(CCN)C(=O)c1cc(OC)cc(OC)c1. The van der Waals surface area contributed by atoms with Gasteiger partial charge >= 0.3 is 0 Å². The minimum atomic E-state index is -0.0358. The molecule has 0 aliphatic rings. The Morgan fingerprint density at radius 2 is 1.67 bits per heavy atom. The molecule has 0 fully saturated rings. The first-order chi connectivity index (χ1) is 10.1. The van der Waals surface area contributed by atoms with Gasteiger partial charge in [0, 0.05) is 30.8 Å². The van der Waals surface area contributed by atoms with Gasteiger partial charge in [-0.05, 0) is 25.0 Å². The molecule has 0 unspecified atom stereocenters. The zero-order valence-electron chi connectivity index (χ0n) is 13.4. The van der Waals surface area contributed by atoms with Crippen molar-refractivity contribution in [2.75, 3.05) is 27.3 Å². The molecule has 0 heterocycles. The molecule has 1 rings (SSSR count). The lowest BCUT2D eigenvalue weighted by Crippen LogP contribution is -2.42. The molecule has 1 amide bonds. The van der Waals surface area contributed by atoms with Crippen LogP contribution in [0.4, 0.5) is 0 Å². The molecule has 1 aromatic rings. The van der Waals surface area contributed by atoms with E-state index in [2.05, 4.69) is 13.8 Å². The molecular formula is C16H26N2O3. The lowest BCUT2D eigenvalue weighted by molar-refractivity contribution is 0.0673. The molecule has 0 bridgehead atoms. The Morgan fingerprint density at radius 3 is 2.05 bits per heavy atom. The predicted molar refractivity (Wildman–Crippen MR) is 84.0 cm³/mol. The van der Waals surface area contributed by atoms with Crippen LogP contribution in [0.15, 0.2) is 18.2 Å². The molecule has 0 aromatic heterocycles. The van der Waals surface area contributed by atoms with E-state index < -0.39 is 0 Å². The molecule has 21 heavy (non-hydrogen) atoms. The van der Waals surface area contributed by atoms with E-state index in [1.807, 2.05) is 4.90 Å². The maximum absolute atomic E-state index is 12.8. The van der Waals surface area contributed by atoms with E-state index in [9.17, 15) is 4.79 Å². The molecule has 5 nitrogen and oxygen atoms in total. The van der Waals surface area contributed by atoms with Gasteiger partial charge in [0.2, 0.25) is 0 Å². The van der Waals surface area contributed by atoms with Crippen LogP contribution in [-0.2, 0) is 0 Å². The molecule has 0 aliphatic heterocycles. The normalized spacial score (nSPS) is 10.6. The summed E-state index contributed by atoms with van der Waals surface area (Å²) in [4.78, 5) is 14.6. The molecule has 0 radical (unpaired) electrons. The Kier molecular flexibility index (Phi) is 7.02. The largest absolute Gasteiger partial charge is 0.497 e. The van der Waals surface area contributed by atoms with Crippen molar-refractivity contribution in [2.45, 2.75) is 32.7 Å². The van der Waals surface area contributed by atoms with Crippen LogP contribution in [0.5, 0.6) is 11.5 Å². The van der Waals surface area contributed by atoms with Crippen molar-refractivity contribution < 1.29 is 14.3 Å². The molecule has 0 saturated heterocycles. The van der Waals surface area contributed by atoms with Crippen molar-refractivity contribution in [1.29, 1.82) is 0 Å². The van der Waals surface area contributed by atoms with E-state index in [4.69, 9.17) is 15.2 Å². The summed E-state index contributed by atoms with van der Waals surface area (Å²) in [6.45, 7) is 5.16. The number of nitrogens with zero attached hydrogens (tertiary/aromatic N) is 1. The van der Waals surface area contributed by atoms with E-state index in [-0.39, 0.29) is 11.9 Å². The van der Waals surface area contributed by atoms with E-state index in [1.165, 1.54) is 0 Å². The summed E-state index contributed by atoms with van der Waals surface area (Å²) in [7, 11) is 3.14. The minimum Gasteiger partial charge on any atom is -0.497 e. The van der Waals surface area contributed by atoms with Crippen LogP contribution in [0.25, 0.3) is 0 Å². The zero-order valence-corrected chi connectivity index (χ0v) is 13.4. The summed E-state index contributed by atoms with van der Waals surface area (Å²) in [6.07, 6.45) is 1.81. The van der Waals surface area contributed by atoms with Gasteiger partial charge in [-0.2, -0.15) is 0 Å². The fraction of sp³-hybridized carbons (Fsp3) is 0.562. The average Bonchev–Trinajstić information content (AvgIpc) is 2.53. The lowest BCUT2D eigenvalue weighted by Gasteiger charge is -2.30. The molecule has 1 aromatic carbocycles. The zero-order chi connectivity index (χ0) is 15.8. The summed E-state index contributed by atoms with van der Waals surface area (Å²) in [6, 6.07) is 5.41. The summed E-state index contributed by atoms with van der Waals surface area (Å²) >= 11 is 0. The number of carbonyl (C=O) groups is 1. The predicted octanol–water partition coefficient (Wildman–Crippen LogP) is 2.29. The second kappa shape index (κ2) is 8.52. The summed E-state index contributed by atoms with van der Waals surface area (Å²) in [5, 5.41) is 0. The number of nitrogens with two attached hydrogens (primary N) is 1. The van der Waals surface area contributed by atoms with E-state index in [0.717, 1.165) is 12.8 Å². The minimum absolute atomic E-state index is 0.0358. The Labute approximate surface area is 127 Å². The number of hydrogen-bond donors (Lipinski definition) is 1. The lowest BCUT2D eigenvalue weighted by atomic mass is 10.1. The van der Waals surface area contributed by atoms with Crippen molar-refractivity contribution >= 4 is 5.91 Å². The first-order valence-electron chi connectivity index (χ1n) is 7.35. The summed E-state index contributed by atoms with van der Waals surface area (Å²) in [5.41, 5.74) is 6.22. The maximum atomic E-state index is 12.8. The molecule has 0 atom stereocenters. The Morgan fingerprint density at radius 1 is 1.14 bits per heavy atom. The third-order valence-corrected chi connectivity index (χ3v) is 3.61. The molecule has 0 aliphatic carbocycles. The van der Waals surface area contributed by atoms with Gasteiger partial charge < -0.3 is 20.1 Å². The summed E-state index contributed by atoms with van der Waals surface area (Å²) in [5.74, 6) is 1.18. The molecule has 0 saturated carbocycles. The van der Waals surface area contributed by atoms with Crippen LogP contribution in [-0.4, -0.2) is 44.2 Å². The van der Waals surface area contributed by atoms with E-state index in [0.29, 0.717) is 30.2 Å². The number of hydrogen-bond acceptors (Lipinski definition) is 4. The fourth-order valence-electron chi connectivity index (χ4n) is 2.42. The van der Waals surface area contributed by atoms with Crippen LogP contribution in [0.1, 0.15) is 37.0 Å². The van der Waals surface area contributed by atoms with Gasteiger partial charge in [-0.1, -0.05) is 13.8 Å². The number of carbonyl (C=O) groups excluding carboxylic acids is 1. The maximum Gasteiger partial charge on any atom is 0.254 e. The molecule has 2 N–H and O–H groups in total. The Balaban J connectivity index is 3.13. The average molecular weight is 294 g/mol. The number of rotatable bonds is 8. The van der Waals surface area contributed by atoms with Crippen molar-refractivity contribution in [3.8, 4) is 11.5 Å². The van der Waals surface area contributed by atoms with E-state index >= 15 is 0 Å². The number of methoxy groups -OCH3 is 2. The standard InChI is InChI=1S/C16H26N2O3/c1-5-13(6-2)18(8-7-17)16(19)12-9-14(20-3)11-15(10-12)21-4/h9-11,13H,5-8,17H2,1-4H3. The second-order valence-corrected chi connectivity index (χ2v) is 4.86. The van der Waals surface area contributed by atoms with Crippen LogP contribution < -0.4 is 15.2 Å². The topological polar surface area (TPSA) is 64.8 Å². The van der Waals surface area contributed by atoms with Crippen molar-refractivity contribution in [3.63, 3.8) is 0 Å². The van der Waals surface area contributed by atoms with Crippen molar-refractivity contribution in [1.82, 2.24) is 4.90 Å². The smallest absolute Gasteiger partial charge is 0.254 e. The first-order valence-corrected chi connectivity index (χ1v) is 7.35. The third kappa shape index (κ3) is 4.36. The van der Waals surface area contributed by atoms with Gasteiger partial charge in [0.05, 0.1) is 14.2 Å². The molecule has 118 valence electrons. The van der Waals surface area contributed by atoms with Gasteiger partial charge in [-0.15, -0.1) is 0 Å². The molecule has 5 heteroatoms. The van der Waals surface area contributed by atoms with Crippen molar-refractivity contribution in [3.05, 3.63) is 23.8 Å². The first kappa shape index (κ1) is 17.3. The molecule has 0 spiro atoms. The van der Waals surface area contributed by atoms with Crippen LogP contribution >= 0.6 is 0 Å². The van der Waals surface area contributed by atoms with Gasteiger partial charge in [0.1, 0.15) is 11.5 Å². The van der Waals surface area contributed by atoms with Gasteiger partial charge in [0.15, 0.2) is 0 Å². The summed E-state index contributed by atoms with van der Waals surface area (Å²) < 4.78 is 10.4. The van der Waals surface area contributed by atoms with Gasteiger partial charge in [-0.3, -0.25) is 4.79 Å². The van der Waals surface area contributed by atoms with Crippen LogP contribution in [0, 0.1) is 0 Å². The quantitative estimate of drug-likeness (QED) is 0.799. The monoisotopic (exact) mass is 294 g/mol. The highest BCUT2D eigenvalue weighted by Gasteiger charge is 2.22. The fourth-order valence-corrected chi connectivity index (χ4v) is 2.42. The van der Waals surface area contributed by atoms with E-state index in [1.54, 1.807) is 32.4 Å². The number of ether oxygens (including phenoxy) is 2. The Bertz CT molecular complexity index is 437. The van der Waals surface area contributed by atoms with Crippen molar-refractivity contribution in [2.24, 2.45) is 5.73 Å². The number of benzene rings is 1. The second-order valence-electron chi connectivity index (χ2n) is 4.86. The number of amides is 1. The highest BCUT2D eigenvalue weighted by atomic mass is 16.5. The van der Waals surface area contributed by atoms with Crippen LogP contribution in [0.2, 0.25) is 0 Å². The molecular weight excluding hydrogens is 268 g/mol. The van der Waals surface area contributed by atoms with Gasteiger partial charge in [0.25, 0.3) is 5.91 Å². The third-order valence-electron chi connectivity index (χ3n) is 3.61. The highest BCUT2D eigenvalue weighted by molar-refractivity contribution is 5.95. The highest BCUT2D eigenvalue weighted by Crippen LogP contribution is 2.24. The van der Waals surface area contributed by atoms with Gasteiger partial charge in [-0.25, -0.2) is 0 Å². The van der Waals surface area contributed by atoms with Crippen LogP contribution in [0.3, 0.4) is 0 Å². The Hall–Kier alpha value is -1.75.